The Labute approximate surface area is 172 Å². The predicted octanol–water partition coefficient (Wildman–Crippen LogP) is 1.87. The summed E-state index contributed by atoms with van der Waals surface area (Å²) in [7, 11) is 0. The molecule has 1 heterocycles. The van der Waals surface area contributed by atoms with Gasteiger partial charge in [0.1, 0.15) is 6.04 Å². The summed E-state index contributed by atoms with van der Waals surface area (Å²) in [4.78, 5) is 27.7. The minimum atomic E-state index is -0.617. The third kappa shape index (κ3) is 7.00. The SMILES string of the molecule is O=C(NC(Cc1ccccc1)C(=O)NCCCN1CCOCC1)c1ccccc1. The number of amides is 2. The molecule has 0 aliphatic carbocycles. The summed E-state index contributed by atoms with van der Waals surface area (Å²) in [6.07, 6.45) is 1.32. The lowest BCUT2D eigenvalue weighted by molar-refractivity contribution is -0.123. The van der Waals surface area contributed by atoms with Gasteiger partial charge in [-0.25, -0.2) is 0 Å². The minimum Gasteiger partial charge on any atom is -0.379 e. The molecule has 2 N–H and O–H groups in total. The second-order valence-electron chi connectivity index (χ2n) is 7.18. The fourth-order valence-electron chi connectivity index (χ4n) is 3.35. The number of carbonyl (C=O) groups is 2. The lowest BCUT2D eigenvalue weighted by atomic mass is 10.0. The van der Waals surface area contributed by atoms with Gasteiger partial charge in [0.2, 0.25) is 5.91 Å². The predicted molar refractivity (Wildman–Crippen MR) is 113 cm³/mol. The Morgan fingerprint density at radius 1 is 0.966 bits per heavy atom. The molecule has 0 radical (unpaired) electrons. The number of hydrogen-bond acceptors (Lipinski definition) is 4. The molecule has 6 nitrogen and oxygen atoms in total. The van der Waals surface area contributed by atoms with Gasteiger partial charge in [0, 0.05) is 31.6 Å². The first-order valence-electron chi connectivity index (χ1n) is 10.2. The molecule has 3 rings (SSSR count). The molecule has 1 aliphatic heterocycles. The van der Waals surface area contributed by atoms with Crippen LogP contribution in [0.1, 0.15) is 22.3 Å². The van der Waals surface area contributed by atoms with E-state index in [1.807, 2.05) is 48.5 Å². The van der Waals surface area contributed by atoms with E-state index in [2.05, 4.69) is 15.5 Å². The first kappa shape index (κ1) is 21.0. The lowest BCUT2D eigenvalue weighted by Gasteiger charge is -2.26. The van der Waals surface area contributed by atoms with E-state index in [0.717, 1.165) is 44.8 Å². The van der Waals surface area contributed by atoms with Crippen LogP contribution >= 0.6 is 0 Å². The summed E-state index contributed by atoms with van der Waals surface area (Å²) in [6, 6.07) is 18.1. The van der Waals surface area contributed by atoms with Crippen molar-refractivity contribution in [2.75, 3.05) is 39.4 Å². The van der Waals surface area contributed by atoms with Crippen LogP contribution in [0.25, 0.3) is 0 Å². The van der Waals surface area contributed by atoms with E-state index in [0.29, 0.717) is 18.5 Å². The van der Waals surface area contributed by atoms with Crippen LogP contribution in [0.15, 0.2) is 60.7 Å². The number of carbonyl (C=O) groups excluding carboxylic acids is 2. The summed E-state index contributed by atoms with van der Waals surface area (Å²) >= 11 is 0. The smallest absolute Gasteiger partial charge is 0.251 e. The quantitative estimate of drug-likeness (QED) is 0.636. The maximum atomic E-state index is 12.8. The second kappa shape index (κ2) is 11.3. The van der Waals surface area contributed by atoms with E-state index < -0.39 is 6.04 Å². The topological polar surface area (TPSA) is 70.7 Å². The molecule has 6 heteroatoms. The molecule has 1 atom stereocenters. The number of rotatable bonds is 9. The fraction of sp³-hybridized carbons (Fsp3) is 0.391. The molecule has 2 amide bonds. The van der Waals surface area contributed by atoms with Crippen molar-refractivity contribution in [3.05, 3.63) is 71.8 Å². The minimum absolute atomic E-state index is 0.153. The van der Waals surface area contributed by atoms with Crippen molar-refractivity contribution in [3.8, 4) is 0 Å². The molecule has 154 valence electrons. The van der Waals surface area contributed by atoms with E-state index in [1.165, 1.54) is 0 Å². The van der Waals surface area contributed by atoms with Crippen LogP contribution in [-0.4, -0.2) is 62.1 Å². The number of morpholine rings is 1. The summed E-state index contributed by atoms with van der Waals surface area (Å²) in [6.45, 7) is 4.95. The van der Waals surface area contributed by atoms with Crippen molar-refractivity contribution in [3.63, 3.8) is 0 Å². The molecule has 29 heavy (non-hydrogen) atoms. The maximum absolute atomic E-state index is 12.8. The summed E-state index contributed by atoms with van der Waals surface area (Å²) in [5.41, 5.74) is 1.56. The fourth-order valence-corrected chi connectivity index (χ4v) is 3.35. The molecular weight excluding hydrogens is 366 g/mol. The Hall–Kier alpha value is -2.70. The van der Waals surface area contributed by atoms with Crippen LogP contribution < -0.4 is 10.6 Å². The first-order valence-corrected chi connectivity index (χ1v) is 10.2. The molecule has 1 aliphatic rings. The number of hydrogen-bond donors (Lipinski definition) is 2. The van der Waals surface area contributed by atoms with Crippen molar-refractivity contribution in [1.82, 2.24) is 15.5 Å². The van der Waals surface area contributed by atoms with Gasteiger partial charge in [-0.1, -0.05) is 48.5 Å². The van der Waals surface area contributed by atoms with Crippen molar-refractivity contribution in [2.45, 2.75) is 18.9 Å². The zero-order valence-electron chi connectivity index (χ0n) is 16.7. The molecule has 0 spiro atoms. The van der Waals surface area contributed by atoms with Gasteiger partial charge in [-0.15, -0.1) is 0 Å². The van der Waals surface area contributed by atoms with Gasteiger partial charge in [-0.3, -0.25) is 14.5 Å². The van der Waals surface area contributed by atoms with Gasteiger partial charge >= 0.3 is 0 Å². The largest absolute Gasteiger partial charge is 0.379 e. The molecular formula is C23H29N3O3. The Kier molecular flexibility index (Phi) is 8.22. The van der Waals surface area contributed by atoms with E-state index in [4.69, 9.17) is 4.74 Å². The van der Waals surface area contributed by atoms with Gasteiger partial charge in [-0.2, -0.15) is 0 Å². The standard InChI is InChI=1S/C23H29N3O3/c27-22(20-10-5-2-6-11-20)25-21(18-19-8-3-1-4-9-19)23(28)24-12-7-13-26-14-16-29-17-15-26/h1-6,8-11,21H,7,12-18H2,(H,24,28)(H,25,27). The third-order valence-electron chi connectivity index (χ3n) is 4.99. The molecule has 0 bridgehead atoms. The highest BCUT2D eigenvalue weighted by Gasteiger charge is 2.21. The number of nitrogens with zero attached hydrogens (tertiary/aromatic N) is 1. The Morgan fingerprint density at radius 2 is 1.62 bits per heavy atom. The summed E-state index contributed by atoms with van der Waals surface area (Å²) in [5, 5.41) is 5.88. The summed E-state index contributed by atoms with van der Waals surface area (Å²) < 4.78 is 5.35. The monoisotopic (exact) mass is 395 g/mol. The maximum Gasteiger partial charge on any atom is 0.251 e. The highest BCUT2D eigenvalue weighted by molar-refractivity contribution is 5.97. The molecule has 1 unspecified atom stereocenters. The molecule has 1 fully saturated rings. The van der Waals surface area contributed by atoms with E-state index in [9.17, 15) is 9.59 Å². The lowest BCUT2D eigenvalue weighted by Crippen LogP contribution is -2.48. The van der Waals surface area contributed by atoms with Crippen LogP contribution in [0, 0.1) is 0 Å². The van der Waals surface area contributed by atoms with Gasteiger partial charge in [0.05, 0.1) is 13.2 Å². The Bertz CT molecular complexity index is 761. The van der Waals surface area contributed by atoms with E-state index in [1.54, 1.807) is 12.1 Å². The number of nitrogens with one attached hydrogen (secondary N) is 2. The van der Waals surface area contributed by atoms with Crippen LogP contribution in [0.3, 0.4) is 0 Å². The van der Waals surface area contributed by atoms with Crippen LogP contribution in [-0.2, 0) is 16.0 Å². The molecule has 0 aromatic heterocycles. The van der Waals surface area contributed by atoms with Crippen molar-refractivity contribution >= 4 is 11.8 Å². The van der Waals surface area contributed by atoms with Crippen LogP contribution in [0.5, 0.6) is 0 Å². The first-order chi connectivity index (χ1) is 14.2. The molecule has 2 aromatic rings. The highest BCUT2D eigenvalue weighted by atomic mass is 16.5. The summed E-state index contributed by atoms with van der Waals surface area (Å²) in [5.74, 6) is -0.393. The average molecular weight is 396 g/mol. The van der Waals surface area contributed by atoms with Crippen LogP contribution in [0.4, 0.5) is 0 Å². The highest BCUT2D eigenvalue weighted by Crippen LogP contribution is 2.06. The van der Waals surface area contributed by atoms with E-state index >= 15 is 0 Å². The van der Waals surface area contributed by atoms with Crippen molar-refractivity contribution in [1.29, 1.82) is 0 Å². The Morgan fingerprint density at radius 3 is 2.31 bits per heavy atom. The van der Waals surface area contributed by atoms with Gasteiger partial charge in [0.15, 0.2) is 0 Å². The van der Waals surface area contributed by atoms with Crippen molar-refractivity contribution in [2.24, 2.45) is 0 Å². The third-order valence-corrected chi connectivity index (χ3v) is 4.99. The zero-order valence-corrected chi connectivity index (χ0v) is 16.7. The zero-order chi connectivity index (χ0) is 20.3. The van der Waals surface area contributed by atoms with Gasteiger partial charge in [-0.05, 0) is 30.7 Å². The Balaban J connectivity index is 1.54. The second-order valence-corrected chi connectivity index (χ2v) is 7.18. The normalized spacial score (nSPS) is 15.4. The van der Waals surface area contributed by atoms with Gasteiger partial charge in [0.25, 0.3) is 5.91 Å². The average Bonchev–Trinajstić information content (AvgIpc) is 2.78. The van der Waals surface area contributed by atoms with E-state index in [-0.39, 0.29) is 11.8 Å². The van der Waals surface area contributed by atoms with Crippen molar-refractivity contribution < 1.29 is 14.3 Å². The van der Waals surface area contributed by atoms with Crippen LogP contribution in [0.2, 0.25) is 0 Å². The molecule has 2 aromatic carbocycles. The molecule has 0 saturated carbocycles. The van der Waals surface area contributed by atoms with Gasteiger partial charge < -0.3 is 15.4 Å². The number of benzene rings is 2. The molecule has 1 saturated heterocycles. The number of ether oxygens (including phenoxy) is 1.